The lowest BCUT2D eigenvalue weighted by Crippen LogP contribution is -1.81. The quantitative estimate of drug-likeness (QED) is 0.670. The summed E-state index contributed by atoms with van der Waals surface area (Å²) in [6.45, 7) is 1.88. The predicted octanol–water partition coefficient (Wildman–Crippen LogP) is 2.52. The number of fused-ring (bicyclic) bond motifs is 1. The zero-order valence-electron chi connectivity index (χ0n) is 6.71. The molecule has 0 aliphatic rings. The first-order chi connectivity index (χ1) is 6.22. The van der Waals surface area contributed by atoms with Crippen LogP contribution in [0, 0.1) is 18.3 Å². The lowest BCUT2D eigenvalue weighted by Gasteiger charge is -1.92. The van der Waals surface area contributed by atoms with Crippen molar-refractivity contribution in [2.75, 3.05) is 0 Å². The van der Waals surface area contributed by atoms with Gasteiger partial charge in [0, 0.05) is 6.20 Å². The van der Waals surface area contributed by atoms with Crippen molar-refractivity contribution in [3.05, 3.63) is 21.8 Å². The van der Waals surface area contributed by atoms with Crippen molar-refractivity contribution < 1.29 is 0 Å². The molecule has 0 radical (unpaired) electrons. The van der Waals surface area contributed by atoms with Gasteiger partial charge in [0.25, 0.3) is 0 Å². The molecule has 0 atom stereocenters. The van der Waals surface area contributed by atoms with Gasteiger partial charge in [-0.25, -0.2) is 9.97 Å². The minimum Gasteiger partial charge on any atom is -0.234 e. The summed E-state index contributed by atoms with van der Waals surface area (Å²) in [7, 11) is 0. The number of hydrogen-bond donors (Lipinski definition) is 0. The molecule has 13 heavy (non-hydrogen) atoms. The Morgan fingerprint density at radius 2 is 2.38 bits per heavy atom. The van der Waals surface area contributed by atoms with E-state index in [2.05, 4.69) is 9.97 Å². The van der Waals surface area contributed by atoms with E-state index >= 15 is 0 Å². The molecule has 3 nitrogen and oxygen atoms in total. The van der Waals surface area contributed by atoms with Crippen molar-refractivity contribution in [1.29, 1.82) is 5.26 Å². The highest BCUT2D eigenvalue weighted by Crippen LogP contribution is 2.29. The van der Waals surface area contributed by atoms with Crippen molar-refractivity contribution in [2.24, 2.45) is 0 Å². The van der Waals surface area contributed by atoms with Gasteiger partial charge in [0.1, 0.15) is 6.07 Å². The first-order valence-electron chi connectivity index (χ1n) is 3.54. The van der Waals surface area contributed by atoms with Crippen molar-refractivity contribution >= 4 is 33.3 Å². The molecule has 64 valence electrons. The van der Waals surface area contributed by atoms with E-state index in [1.54, 1.807) is 0 Å². The van der Waals surface area contributed by atoms with Gasteiger partial charge >= 0.3 is 0 Å². The molecular weight excluding hydrogens is 206 g/mol. The Morgan fingerprint density at radius 1 is 1.62 bits per heavy atom. The molecule has 2 aromatic rings. The van der Waals surface area contributed by atoms with Crippen molar-refractivity contribution in [3.8, 4) is 6.07 Å². The Labute approximate surface area is 83.6 Å². The number of rotatable bonds is 0. The highest BCUT2D eigenvalue weighted by atomic mass is 35.5. The summed E-state index contributed by atoms with van der Waals surface area (Å²) in [5.74, 6) is 0. The lowest BCUT2D eigenvalue weighted by molar-refractivity contribution is 1.26. The van der Waals surface area contributed by atoms with Crippen LogP contribution in [0.1, 0.15) is 10.6 Å². The fourth-order valence-corrected chi connectivity index (χ4v) is 2.14. The van der Waals surface area contributed by atoms with E-state index in [9.17, 15) is 0 Å². The molecular formula is C8H4ClN3S. The normalized spacial score (nSPS) is 10.2. The molecule has 0 fully saturated rings. The molecule has 2 rings (SSSR count). The fourth-order valence-electron chi connectivity index (χ4n) is 1.03. The Kier molecular flexibility index (Phi) is 1.91. The molecule has 0 aliphatic heterocycles. The molecule has 0 bridgehead atoms. The molecule has 2 heterocycles. The minimum atomic E-state index is 0.401. The molecule has 0 aliphatic carbocycles. The van der Waals surface area contributed by atoms with Crippen LogP contribution in [-0.2, 0) is 0 Å². The van der Waals surface area contributed by atoms with E-state index in [-0.39, 0.29) is 0 Å². The number of aryl methyl sites for hydroxylation is 1. The van der Waals surface area contributed by atoms with Gasteiger partial charge in [-0.1, -0.05) is 11.6 Å². The predicted molar refractivity (Wildman–Crippen MR) is 51.9 cm³/mol. The maximum Gasteiger partial charge on any atom is 0.172 e. The largest absolute Gasteiger partial charge is 0.234 e. The zero-order chi connectivity index (χ0) is 9.42. The molecule has 0 N–H and O–H groups in total. The SMILES string of the molecule is Cc1nc2ncc(C#N)c(Cl)c2s1. The third kappa shape index (κ3) is 1.26. The zero-order valence-corrected chi connectivity index (χ0v) is 8.28. The monoisotopic (exact) mass is 209 g/mol. The van der Waals surface area contributed by atoms with Gasteiger partial charge in [0.05, 0.1) is 20.3 Å². The van der Waals surface area contributed by atoms with Crippen molar-refractivity contribution in [1.82, 2.24) is 9.97 Å². The molecule has 0 aromatic carbocycles. The fraction of sp³-hybridized carbons (Fsp3) is 0.125. The molecule has 0 saturated heterocycles. The average molecular weight is 210 g/mol. The van der Waals surface area contributed by atoms with E-state index in [0.717, 1.165) is 9.71 Å². The van der Waals surface area contributed by atoms with E-state index in [0.29, 0.717) is 16.2 Å². The summed E-state index contributed by atoms with van der Waals surface area (Å²) >= 11 is 7.41. The van der Waals surface area contributed by atoms with Crippen LogP contribution in [0.15, 0.2) is 6.20 Å². The lowest BCUT2D eigenvalue weighted by atomic mass is 10.3. The Morgan fingerprint density at radius 3 is 3.08 bits per heavy atom. The van der Waals surface area contributed by atoms with E-state index < -0.39 is 0 Å². The summed E-state index contributed by atoms with van der Waals surface area (Å²) in [4.78, 5) is 8.19. The number of thiazole rings is 1. The molecule has 2 aromatic heterocycles. The van der Waals surface area contributed by atoms with Crippen LogP contribution in [0.4, 0.5) is 0 Å². The number of hydrogen-bond acceptors (Lipinski definition) is 4. The van der Waals surface area contributed by atoms with E-state index in [4.69, 9.17) is 16.9 Å². The second-order valence-corrected chi connectivity index (χ2v) is 4.06. The van der Waals surface area contributed by atoms with Crippen molar-refractivity contribution in [3.63, 3.8) is 0 Å². The highest BCUT2D eigenvalue weighted by Gasteiger charge is 2.09. The summed E-state index contributed by atoms with van der Waals surface area (Å²) in [6, 6.07) is 1.98. The summed E-state index contributed by atoms with van der Waals surface area (Å²) in [6.07, 6.45) is 1.45. The van der Waals surface area contributed by atoms with Crippen LogP contribution in [-0.4, -0.2) is 9.97 Å². The molecule has 0 saturated carbocycles. The first-order valence-corrected chi connectivity index (χ1v) is 4.73. The van der Waals surface area contributed by atoms with Gasteiger partial charge in [-0.05, 0) is 6.92 Å². The summed E-state index contributed by atoms with van der Waals surface area (Å²) in [5.41, 5.74) is 1.02. The second-order valence-electron chi connectivity index (χ2n) is 2.48. The third-order valence-corrected chi connectivity index (χ3v) is 3.07. The Hall–Kier alpha value is -1.18. The van der Waals surface area contributed by atoms with Crippen molar-refractivity contribution in [2.45, 2.75) is 6.92 Å². The van der Waals surface area contributed by atoms with Gasteiger partial charge in [-0.2, -0.15) is 5.26 Å². The number of pyridine rings is 1. The van der Waals surface area contributed by atoms with Crippen LogP contribution in [0.3, 0.4) is 0 Å². The Bertz CT molecular complexity index is 512. The second kappa shape index (κ2) is 2.95. The Balaban J connectivity index is 2.87. The van der Waals surface area contributed by atoms with Crippen LogP contribution in [0.2, 0.25) is 5.02 Å². The number of nitrogens with zero attached hydrogens (tertiary/aromatic N) is 3. The number of nitriles is 1. The molecule has 0 unspecified atom stereocenters. The molecule has 5 heteroatoms. The topological polar surface area (TPSA) is 49.6 Å². The number of halogens is 1. The number of aromatic nitrogens is 2. The van der Waals surface area contributed by atoms with E-state index in [1.165, 1.54) is 17.5 Å². The van der Waals surface area contributed by atoms with Gasteiger partial charge in [-0.3, -0.25) is 0 Å². The van der Waals surface area contributed by atoms with Crippen LogP contribution in [0.25, 0.3) is 10.3 Å². The van der Waals surface area contributed by atoms with Gasteiger partial charge in [-0.15, -0.1) is 11.3 Å². The summed E-state index contributed by atoms with van der Waals surface area (Å²) < 4.78 is 0.790. The van der Waals surface area contributed by atoms with Gasteiger partial charge < -0.3 is 0 Å². The first kappa shape index (κ1) is 8.42. The van der Waals surface area contributed by atoms with Crippen LogP contribution < -0.4 is 0 Å². The van der Waals surface area contributed by atoms with Gasteiger partial charge in [0.2, 0.25) is 0 Å². The standard InChI is InChI=1S/C8H4ClN3S/c1-4-12-8-7(13-4)6(9)5(2-10)3-11-8/h3H,1H3. The van der Waals surface area contributed by atoms with E-state index in [1.807, 2.05) is 13.0 Å². The van der Waals surface area contributed by atoms with Crippen LogP contribution in [0.5, 0.6) is 0 Å². The maximum absolute atomic E-state index is 8.69. The molecule has 0 amide bonds. The van der Waals surface area contributed by atoms with Crippen LogP contribution >= 0.6 is 22.9 Å². The highest BCUT2D eigenvalue weighted by molar-refractivity contribution is 7.19. The summed E-state index contributed by atoms with van der Waals surface area (Å²) in [5, 5.41) is 10.1. The van der Waals surface area contributed by atoms with Gasteiger partial charge in [0.15, 0.2) is 5.65 Å². The smallest absolute Gasteiger partial charge is 0.172 e. The molecule has 0 spiro atoms. The third-order valence-electron chi connectivity index (χ3n) is 1.59. The minimum absolute atomic E-state index is 0.401. The average Bonchev–Trinajstić information content (AvgIpc) is 2.47. The maximum atomic E-state index is 8.69.